The van der Waals surface area contributed by atoms with Crippen LogP contribution in [0.5, 0.6) is 17.2 Å². The van der Waals surface area contributed by atoms with Crippen molar-refractivity contribution in [1.82, 2.24) is 0 Å². The maximum atomic E-state index is 10.5. The number of carbonyl (C=O) groups is 1. The highest BCUT2D eigenvalue weighted by atomic mass is 16.5. The second-order valence-electron chi connectivity index (χ2n) is 3.51. The first-order chi connectivity index (χ1) is 12.2. The molecule has 0 bridgehead atoms. The van der Waals surface area contributed by atoms with Gasteiger partial charge in [-0.25, -0.2) is 0 Å². The fraction of sp³-hybridized carbons (Fsp3) is 0.381. The summed E-state index contributed by atoms with van der Waals surface area (Å²) in [7, 11) is 0. The number of nitrogens with two attached hydrogens (primary N) is 1. The minimum Gasteiger partial charge on any atom is -0.506 e. The number of benzene rings is 2. The van der Waals surface area contributed by atoms with Crippen LogP contribution in [0.1, 0.15) is 65.7 Å². The predicted molar refractivity (Wildman–Crippen MR) is 110 cm³/mol. The van der Waals surface area contributed by atoms with Gasteiger partial charge in [-0.05, 0) is 36.4 Å². The maximum Gasteiger partial charge on any atom is 0.150 e. The van der Waals surface area contributed by atoms with E-state index >= 15 is 0 Å². The third kappa shape index (κ3) is 11.7. The van der Waals surface area contributed by atoms with Crippen LogP contribution in [0.2, 0.25) is 0 Å². The van der Waals surface area contributed by atoms with E-state index in [1.165, 1.54) is 12.1 Å². The van der Waals surface area contributed by atoms with Gasteiger partial charge in [0.1, 0.15) is 23.5 Å². The van der Waals surface area contributed by atoms with Crippen molar-refractivity contribution in [3.63, 3.8) is 0 Å². The number of carbonyl (C=O) groups excluding carboxylic acids is 1. The number of rotatable bonds is 3. The molecule has 0 saturated carbocycles. The number of phenolic OH excluding ortho intramolecular Hbond substituents is 1. The minimum atomic E-state index is 0.0219. The number of aromatic hydroxyl groups is 1. The molecule has 0 fully saturated rings. The number of nitrogen functional groups attached to an aromatic ring is 1. The highest BCUT2D eigenvalue weighted by molar-refractivity contribution is 5.74. The lowest BCUT2D eigenvalue weighted by molar-refractivity contribution is 0.112. The van der Waals surface area contributed by atoms with Crippen LogP contribution in [0.15, 0.2) is 42.5 Å². The van der Waals surface area contributed by atoms with E-state index in [1.807, 2.05) is 55.4 Å². The number of hydrogen-bond acceptors (Lipinski definition) is 4. The summed E-state index contributed by atoms with van der Waals surface area (Å²) in [5.41, 5.74) is 6.39. The molecule has 0 unspecified atom stereocenters. The van der Waals surface area contributed by atoms with E-state index in [1.54, 1.807) is 30.3 Å². The standard InChI is InChI=1S/C13H11NO3.4C2H6/c14-12-7-11(5-6-13(12)16)17-10-3-1-9(8-15)2-4-10;4*1-2/h1-8,16H,14H2;4*1-2H3. The lowest BCUT2D eigenvalue weighted by Gasteiger charge is -2.07. The molecule has 142 valence electrons. The Hall–Kier alpha value is -2.49. The largest absolute Gasteiger partial charge is 0.506 e. The number of hydrogen-bond donors (Lipinski definition) is 2. The fourth-order valence-electron chi connectivity index (χ4n) is 1.35. The van der Waals surface area contributed by atoms with Crippen LogP contribution >= 0.6 is 0 Å². The number of phenols is 1. The molecule has 0 aliphatic carbocycles. The zero-order chi connectivity index (χ0) is 20.3. The minimum absolute atomic E-state index is 0.0219. The third-order valence-corrected chi connectivity index (χ3v) is 2.25. The van der Waals surface area contributed by atoms with Crippen molar-refractivity contribution in [2.45, 2.75) is 55.4 Å². The SMILES string of the molecule is CC.CC.CC.CC.Nc1cc(Oc2ccc(C=O)cc2)ccc1O. The van der Waals surface area contributed by atoms with Crippen molar-refractivity contribution in [3.05, 3.63) is 48.0 Å². The Labute approximate surface area is 153 Å². The normalized spacial score (nSPS) is 7.68. The molecule has 2 aromatic rings. The van der Waals surface area contributed by atoms with Gasteiger partial charge in [0.25, 0.3) is 0 Å². The van der Waals surface area contributed by atoms with E-state index in [4.69, 9.17) is 10.5 Å². The zero-order valence-corrected chi connectivity index (χ0v) is 17.0. The lowest BCUT2D eigenvalue weighted by Crippen LogP contribution is -1.89. The number of aldehydes is 1. The monoisotopic (exact) mass is 349 g/mol. The fourth-order valence-corrected chi connectivity index (χ4v) is 1.35. The summed E-state index contributed by atoms with van der Waals surface area (Å²) in [6.07, 6.45) is 0.766. The molecule has 2 aromatic carbocycles. The van der Waals surface area contributed by atoms with E-state index in [2.05, 4.69) is 0 Å². The average molecular weight is 350 g/mol. The van der Waals surface area contributed by atoms with E-state index in [9.17, 15) is 9.90 Å². The number of anilines is 1. The van der Waals surface area contributed by atoms with Crippen LogP contribution in [0.4, 0.5) is 5.69 Å². The van der Waals surface area contributed by atoms with E-state index in [0.29, 0.717) is 17.1 Å². The summed E-state index contributed by atoms with van der Waals surface area (Å²) in [5.74, 6) is 1.15. The highest BCUT2D eigenvalue weighted by Crippen LogP contribution is 2.28. The molecule has 3 N–H and O–H groups in total. The molecule has 0 radical (unpaired) electrons. The lowest BCUT2D eigenvalue weighted by atomic mass is 10.2. The van der Waals surface area contributed by atoms with Crippen LogP contribution in [0.25, 0.3) is 0 Å². The molecule has 0 aliphatic heterocycles. The average Bonchev–Trinajstić information content (AvgIpc) is 2.71. The van der Waals surface area contributed by atoms with Crippen molar-refractivity contribution in [2.24, 2.45) is 0 Å². The van der Waals surface area contributed by atoms with E-state index < -0.39 is 0 Å². The number of ether oxygens (including phenoxy) is 1. The molecule has 0 aromatic heterocycles. The zero-order valence-electron chi connectivity index (χ0n) is 17.0. The smallest absolute Gasteiger partial charge is 0.150 e. The molecular formula is C21H35NO3. The van der Waals surface area contributed by atoms with Gasteiger partial charge in [-0.3, -0.25) is 4.79 Å². The van der Waals surface area contributed by atoms with Gasteiger partial charge in [0.15, 0.2) is 0 Å². The van der Waals surface area contributed by atoms with Crippen LogP contribution in [0, 0.1) is 0 Å². The first kappa shape index (κ1) is 27.4. The van der Waals surface area contributed by atoms with Gasteiger partial charge in [0.2, 0.25) is 0 Å². The van der Waals surface area contributed by atoms with Crippen LogP contribution in [0.3, 0.4) is 0 Å². The Morgan fingerprint density at radius 2 is 1.24 bits per heavy atom. The van der Waals surface area contributed by atoms with Crippen molar-refractivity contribution in [2.75, 3.05) is 5.73 Å². The molecule has 2 rings (SSSR count). The van der Waals surface area contributed by atoms with Gasteiger partial charge in [0, 0.05) is 11.6 Å². The van der Waals surface area contributed by atoms with Gasteiger partial charge >= 0.3 is 0 Å². The summed E-state index contributed by atoms with van der Waals surface area (Å²) in [6, 6.07) is 11.3. The van der Waals surface area contributed by atoms with Gasteiger partial charge in [-0.1, -0.05) is 55.4 Å². The van der Waals surface area contributed by atoms with Gasteiger partial charge in [-0.15, -0.1) is 0 Å². The Kier molecular flexibility index (Phi) is 21.4. The molecular weight excluding hydrogens is 314 g/mol. The maximum absolute atomic E-state index is 10.5. The summed E-state index contributed by atoms with van der Waals surface area (Å²) in [5, 5.41) is 9.26. The first-order valence-electron chi connectivity index (χ1n) is 9.00. The summed E-state index contributed by atoms with van der Waals surface area (Å²) in [6.45, 7) is 16.0. The molecule has 0 spiro atoms. The molecule has 0 aliphatic rings. The Morgan fingerprint density at radius 1 is 0.800 bits per heavy atom. The third-order valence-electron chi connectivity index (χ3n) is 2.25. The summed E-state index contributed by atoms with van der Waals surface area (Å²) in [4.78, 5) is 10.5. The van der Waals surface area contributed by atoms with Gasteiger partial charge in [-0.2, -0.15) is 0 Å². The molecule has 4 nitrogen and oxygen atoms in total. The van der Waals surface area contributed by atoms with Crippen LogP contribution in [-0.4, -0.2) is 11.4 Å². The molecule has 0 saturated heterocycles. The Bertz CT molecular complexity index is 537. The molecule has 0 atom stereocenters. The van der Waals surface area contributed by atoms with Crippen molar-refractivity contribution >= 4 is 12.0 Å². The Morgan fingerprint density at radius 3 is 1.64 bits per heavy atom. The van der Waals surface area contributed by atoms with Crippen molar-refractivity contribution < 1.29 is 14.6 Å². The molecule has 0 amide bonds. The van der Waals surface area contributed by atoms with Crippen molar-refractivity contribution in [1.29, 1.82) is 0 Å². The second-order valence-corrected chi connectivity index (χ2v) is 3.51. The summed E-state index contributed by atoms with van der Waals surface area (Å²) < 4.78 is 5.51. The first-order valence-corrected chi connectivity index (χ1v) is 9.00. The van der Waals surface area contributed by atoms with Crippen LogP contribution in [-0.2, 0) is 0 Å². The Balaban J connectivity index is -0.000000533. The van der Waals surface area contributed by atoms with E-state index in [0.717, 1.165) is 6.29 Å². The van der Waals surface area contributed by atoms with Gasteiger partial charge < -0.3 is 15.6 Å². The van der Waals surface area contributed by atoms with E-state index in [-0.39, 0.29) is 11.4 Å². The quantitative estimate of drug-likeness (QED) is 0.368. The summed E-state index contributed by atoms with van der Waals surface area (Å²) >= 11 is 0. The predicted octanol–water partition coefficient (Wildman–Crippen LogP) is 6.68. The molecule has 0 heterocycles. The molecule has 4 heteroatoms. The van der Waals surface area contributed by atoms with Crippen LogP contribution < -0.4 is 10.5 Å². The van der Waals surface area contributed by atoms with Gasteiger partial charge in [0.05, 0.1) is 5.69 Å². The van der Waals surface area contributed by atoms with Crippen molar-refractivity contribution in [3.8, 4) is 17.2 Å². The highest BCUT2D eigenvalue weighted by Gasteiger charge is 2.01. The second kappa shape index (κ2) is 19.6. The molecule has 25 heavy (non-hydrogen) atoms. The topological polar surface area (TPSA) is 72.5 Å².